The van der Waals surface area contributed by atoms with Gasteiger partial charge >= 0.3 is 12.1 Å². The summed E-state index contributed by atoms with van der Waals surface area (Å²) >= 11 is 0. The topological polar surface area (TPSA) is 194 Å². The average molecular weight is 864 g/mol. The van der Waals surface area contributed by atoms with E-state index in [1.54, 1.807) is 4.58 Å². The van der Waals surface area contributed by atoms with Crippen LogP contribution in [-0.2, 0) is 20.4 Å². The summed E-state index contributed by atoms with van der Waals surface area (Å²) in [6.45, 7) is 10.8. The van der Waals surface area contributed by atoms with Gasteiger partial charge in [0.05, 0.1) is 12.0 Å². The number of guanidine groups is 2. The molecular weight excluding hydrogens is 795 g/mol. The minimum atomic E-state index is -2.14. The van der Waals surface area contributed by atoms with Crippen LogP contribution in [0.4, 0.5) is 16.2 Å². The van der Waals surface area contributed by atoms with Crippen LogP contribution in [0, 0.1) is 0 Å². The molecule has 7 rings (SSSR count). The van der Waals surface area contributed by atoms with E-state index >= 15 is 0 Å². The van der Waals surface area contributed by atoms with Crippen molar-refractivity contribution in [3.05, 3.63) is 95.7 Å². The van der Waals surface area contributed by atoms with E-state index in [2.05, 4.69) is 144 Å². The van der Waals surface area contributed by atoms with Gasteiger partial charge in [0.15, 0.2) is 17.7 Å². The summed E-state index contributed by atoms with van der Waals surface area (Å²) < 4.78 is 9.37. The first-order chi connectivity index (χ1) is 30.1. The number of Topliss-reactive ketones (excluding diaryl/α,β-unsaturated/α-hetero) is 1. The number of ether oxygens (including phenoxy) is 1. The number of ketones is 1. The first kappa shape index (κ1) is 45.6. The lowest BCUT2D eigenvalue weighted by Crippen LogP contribution is -2.77. The van der Waals surface area contributed by atoms with E-state index in [0.717, 1.165) is 57.9 Å². The highest BCUT2D eigenvalue weighted by molar-refractivity contribution is 6.03. The van der Waals surface area contributed by atoms with Gasteiger partial charge in [-0.05, 0) is 57.2 Å². The van der Waals surface area contributed by atoms with Crippen LogP contribution in [0.15, 0.2) is 89.6 Å². The first-order valence-electron chi connectivity index (χ1n) is 22.9. The quantitative estimate of drug-likeness (QED) is 0.0435. The van der Waals surface area contributed by atoms with Crippen LogP contribution >= 0.6 is 0 Å². The number of hydrogen-bond donors (Lipinski definition) is 7. The van der Waals surface area contributed by atoms with E-state index in [9.17, 15) is 19.8 Å². The standard InChI is InChI=1S/C49H67N9O5/c1-46(2)35-23-15-17-25-38(35)56(5)40(46)27-13-9-14-28-41-47(3,4)36-24-16-18-26-39(36)57(41)31-20-10-12-22-34(59)21-11-7-6-8-19-30-52-45(60)63-33-37-42-49(55-43(50)54-42)48(61,62)29-32-58(49)44(51)53-37/h9,13-18,23-28,37,42,61-62H,6-8,10-12,19-22,29-33H2,1-5H3,(H5-,50,51,52,53,54,55,60)/p+2. The van der Waals surface area contributed by atoms with Gasteiger partial charge in [0.25, 0.3) is 0 Å². The second-order valence-corrected chi connectivity index (χ2v) is 18.8. The average Bonchev–Trinajstić information content (AvgIpc) is 3.88. The second kappa shape index (κ2) is 18.7. The smallest absolute Gasteiger partial charge is 0.407 e. The molecule has 338 valence electrons. The van der Waals surface area contributed by atoms with E-state index in [-0.39, 0.29) is 35.8 Å². The van der Waals surface area contributed by atoms with Gasteiger partial charge in [-0.15, -0.1) is 0 Å². The molecule has 1 saturated heterocycles. The highest BCUT2D eigenvalue weighted by atomic mass is 16.5. The number of carbonyl (C=O) groups is 2. The Morgan fingerprint density at radius 2 is 1.59 bits per heavy atom. The Kier molecular flexibility index (Phi) is 13.5. The van der Waals surface area contributed by atoms with Gasteiger partial charge in [0, 0.05) is 66.9 Å². The Balaban J connectivity index is 0.769. The van der Waals surface area contributed by atoms with E-state index in [1.807, 2.05) is 0 Å². The summed E-state index contributed by atoms with van der Waals surface area (Å²) in [5.41, 5.74) is 18.4. The fourth-order valence-electron chi connectivity index (χ4n) is 10.5. The van der Waals surface area contributed by atoms with Crippen molar-refractivity contribution in [2.24, 2.45) is 16.5 Å². The summed E-state index contributed by atoms with van der Waals surface area (Å²) in [6.07, 6.45) is 19.2. The Bertz CT molecular complexity index is 2240. The van der Waals surface area contributed by atoms with Gasteiger partial charge in [-0.3, -0.25) is 15.8 Å². The molecule has 1 spiro atoms. The Morgan fingerprint density at radius 3 is 2.35 bits per heavy atom. The fourth-order valence-corrected chi connectivity index (χ4v) is 10.5. The molecule has 1 fully saturated rings. The number of anilines is 1. The normalized spacial score (nSPS) is 24.3. The highest BCUT2D eigenvalue weighted by Gasteiger charge is 2.71. The third-order valence-electron chi connectivity index (χ3n) is 13.9. The summed E-state index contributed by atoms with van der Waals surface area (Å²) in [7, 11) is 2.15. The van der Waals surface area contributed by atoms with E-state index < -0.39 is 29.6 Å². The minimum Gasteiger partial charge on any atom is -0.446 e. The second-order valence-electron chi connectivity index (χ2n) is 18.8. The predicted octanol–water partition coefficient (Wildman–Crippen LogP) is 5.05. The molecule has 5 aliphatic rings. The van der Waals surface area contributed by atoms with Gasteiger partial charge in [-0.25, -0.2) is 14.4 Å². The van der Waals surface area contributed by atoms with Gasteiger partial charge in [0.1, 0.15) is 25.5 Å². The molecule has 0 aliphatic carbocycles. The lowest BCUT2D eigenvalue weighted by molar-refractivity contribution is -0.623. The van der Waals surface area contributed by atoms with Gasteiger partial charge in [0.2, 0.25) is 17.1 Å². The maximum absolute atomic E-state index is 12.7. The molecule has 0 bridgehead atoms. The number of aliphatic hydroxyl groups is 2. The largest absolute Gasteiger partial charge is 0.446 e. The van der Waals surface area contributed by atoms with Crippen molar-refractivity contribution in [1.82, 2.24) is 16.0 Å². The predicted molar refractivity (Wildman–Crippen MR) is 248 cm³/mol. The first-order valence-corrected chi connectivity index (χ1v) is 22.9. The van der Waals surface area contributed by atoms with Crippen LogP contribution in [-0.4, -0.2) is 106 Å². The minimum absolute atomic E-state index is 0.0482. The van der Waals surface area contributed by atoms with Crippen LogP contribution in [0.5, 0.6) is 0 Å². The number of fused-ring (bicyclic) bond motifs is 2. The maximum atomic E-state index is 12.7. The number of alkyl carbamates (subject to hydrolysis) is 1. The molecule has 2 aromatic carbocycles. The van der Waals surface area contributed by atoms with Crippen molar-refractivity contribution in [3.8, 4) is 0 Å². The number of aliphatic imine (C=N–C) groups is 1. The molecular formula is C49H69N9O5+2. The summed E-state index contributed by atoms with van der Waals surface area (Å²) in [4.78, 5) is 32.1. The van der Waals surface area contributed by atoms with E-state index in [4.69, 9.17) is 16.2 Å². The lowest BCUT2D eigenvalue weighted by Gasteiger charge is -2.42. The monoisotopic (exact) mass is 864 g/mol. The third kappa shape index (κ3) is 9.02. The highest BCUT2D eigenvalue weighted by Crippen LogP contribution is 2.48. The number of allylic oxidation sites excluding steroid dienone is 6. The summed E-state index contributed by atoms with van der Waals surface area (Å²) in [5.74, 6) is -1.51. The molecule has 9 N–H and O–H groups in total. The van der Waals surface area contributed by atoms with E-state index in [0.29, 0.717) is 31.7 Å². The molecule has 5 aliphatic heterocycles. The zero-order valence-electron chi connectivity index (χ0n) is 37.8. The number of nitrogens with two attached hydrogens (primary N) is 2. The zero-order valence-corrected chi connectivity index (χ0v) is 37.8. The van der Waals surface area contributed by atoms with Gasteiger partial charge in [-0.1, -0.05) is 94.2 Å². The third-order valence-corrected chi connectivity index (χ3v) is 13.9. The number of nitrogens with zero attached hydrogens (tertiary/aromatic N) is 4. The van der Waals surface area contributed by atoms with Crippen molar-refractivity contribution >= 4 is 40.9 Å². The number of nitrogens with one attached hydrogen (secondary N) is 3. The molecule has 3 unspecified atom stereocenters. The van der Waals surface area contributed by atoms with Crippen molar-refractivity contribution in [3.63, 3.8) is 0 Å². The molecule has 14 nitrogen and oxygen atoms in total. The summed E-state index contributed by atoms with van der Waals surface area (Å²) in [6, 6.07) is 16.0. The van der Waals surface area contributed by atoms with Crippen LogP contribution in [0.3, 0.4) is 0 Å². The molecule has 0 saturated carbocycles. The number of unbranched alkanes of at least 4 members (excludes halogenated alkanes) is 6. The molecule has 0 radical (unpaired) electrons. The Morgan fingerprint density at radius 1 is 0.905 bits per heavy atom. The number of amides is 1. The molecule has 3 atom stereocenters. The van der Waals surface area contributed by atoms with Crippen molar-refractivity contribution in [1.29, 1.82) is 0 Å². The van der Waals surface area contributed by atoms with Crippen molar-refractivity contribution in [2.45, 2.75) is 133 Å². The van der Waals surface area contributed by atoms with Crippen molar-refractivity contribution < 1.29 is 33.7 Å². The van der Waals surface area contributed by atoms with Gasteiger partial charge in [-0.2, -0.15) is 4.58 Å². The molecule has 0 aromatic heterocycles. The van der Waals surface area contributed by atoms with Crippen LogP contribution in [0.1, 0.15) is 109 Å². The lowest BCUT2D eigenvalue weighted by atomic mass is 9.81. The summed E-state index contributed by atoms with van der Waals surface area (Å²) in [5, 5.41) is 30.4. The van der Waals surface area contributed by atoms with Crippen LogP contribution in [0.25, 0.3) is 0 Å². The molecule has 14 heteroatoms. The number of carbonyl (C=O) groups excluding carboxylic acids is 2. The molecule has 2 aromatic rings. The van der Waals surface area contributed by atoms with Crippen LogP contribution in [0.2, 0.25) is 0 Å². The van der Waals surface area contributed by atoms with E-state index in [1.165, 1.54) is 33.9 Å². The van der Waals surface area contributed by atoms with Crippen LogP contribution < -0.4 is 32.3 Å². The Labute approximate surface area is 372 Å². The molecule has 63 heavy (non-hydrogen) atoms. The number of benzene rings is 2. The molecule has 5 heterocycles. The number of para-hydroxylation sites is 2. The Hall–Kier alpha value is -5.47. The van der Waals surface area contributed by atoms with Gasteiger partial charge < -0.3 is 36.2 Å². The van der Waals surface area contributed by atoms with Crippen molar-refractivity contribution in [2.75, 3.05) is 38.2 Å². The number of hydrogen-bond acceptors (Lipinski definition) is 11. The number of rotatable bonds is 19. The fraction of sp³-hybridized carbons (Fsp3) is 0.531. The zero-order chi connectivity index (χ0) is 45.0. The SMILES string of the molecule is C[N+]1=C(C=CC=CC=C2N(CCCCCC(=O)CCCCCCCNC(=O)OCC3NC(N)=[N+]4CCC(O)(O)C45NC(N)=NC35)c3ccccc3C2(C)C)C(C)(C)c2ccccc21. The molecule has 1 amide bonds. The maximum Gasteiger partial charge on any atom is 0.407 e.